The number of carboxylic acid groups (broad SMARTS) is 1. The van der Waals surface area contributed by atoms with Gasteiger partial charge in [0.15, 0.2) is 0 Å². The summed E-state index contributed by atoms with van der Waals surface area (Å²) in [6.45, 7) is 10.2. The quantitative estimate of drug-likeness (QED) is 0.220. The van der Waals surface area contributed by atoms with Gasteiger partial charge < -0.3 is 20.2 Å². The number of aromatic hydroxyl groups is 2. The Bertz CT molecular complexity index is 1740. The second kappa shape index (κ2) is 14.6. The van der Waals surface area contributed by atoms with Crippen LogP contribution in [0.5, 0.6) is 11.5 Å². The molecule has 1 amide bonds. The molecule has 4 aromatic rings. The number of amides is 1. The molecule has 1 unspecified atom stereocenters. The van der Waals surface area contributed by atoms with Crippen LogP contribution in [0.25, 0.3) is 0 Å². The van der Waals surface area contributed by atoms with Crippen LogP contribution in [-0.2, 0) is 13.1 Å². The van der Waals surface area contributed by atoms with Gasteiger partial charge in [0.2, 0.25) is 0 Å². The number of phenolic OH excluding ortho intramolecular Hbond substituents is 2. The lowest BCUT2D eigenvalue weighted by Crippen LogP contribution is -2.56. The molecule has 2 aliphatic rings. The van der Waals surface area contributed by atoms with Crippen molar-refractivity contribution in [2.24, 2.45) is 0 Å². The third-order valence-electron chi connectivity index (χ3n) is 9.69. The van der Waals surface area contributed by atoms with Crippen LogP contribution in [0.4, 0.5) is 0 Å². The lowest BCUT2D eigenvalue weighted by molar-refractivity contribution is 0.0194. The monoisotopic (exact) mass is 648 g/mol. The minimum absolute atomic E-state index is 0.00863. The highest BCUT2D eigenvalue weighted by atomic mass is 16.4. The molecule has 6 rings (SSSR count). The Morgan fingerprint density at radius 2 is 1.33 bits per heavy atom. The average molecular weight is 649 g/mol. The molecular formula is C39H44N4O5. The van der Waals surface area contributed by atoms with Gasteiger partial charge in [-0.2, -0.15) is 0 Å². The molecule has 3 N–H and O–H groups in total. The predicted molar refractivity (Wildman–Crippen MR) is 185 cm³/mol. The van der Waals surface area contributed by atoms with Crippen molar-refractivity contribution in [3.63, 3.8) is 0 Å². The predicted octanol–water partition coefficient (Wildman–Crippen LogP) is 5.44. The van der Waals surface area contributed by atoms with Crippen molar-refractivity contribution in [1.82, 2.24) is 19.6 Å². The number of rotatable bonds is 9. The van der Waals surface area contributed by atoms with Gasteiger partial charge in [-0.05, 0) is 84.6 Å². The molecule has 2 saturated heterocycles. The summed E-state index contributed by atoms with van der Waals surface area (Å²) in [4.78, 5) is 34.1. The van der Waals surface area contributed by atoms with E-state index in [2.05, 4.69) is 34.6 Å². The number of nitrogens with zero attached hydrogens (tertiary/aromatic N) is 4. The van der Waals surface area contributed by atoms with Crippen LogP contribution in [0, 0.1) is 0 Å². The Kier molecular flexibility index (Phi) is 10.1. The highest BCUT2D eigenvalue weighted by Gasteiger charge is 2.35. The van der Waals surface area contributed by atoms with Crippen molar-refractivity contribution < 1.29 is 24.9 Å². The second-order valence-corrected chi connectivity index (χ2v) is 13.2. The largest absolute Gasteiger partial charge is 0.508 e. The molecular weight excluding hydrogens is 604 g/mol. The first kappa shape index (κ1) is 33.2. The van der Waals surface area contributed by atoms with Crippen molar-refractivity contribution >= 4 is 11.9 Å². The second-order valence-electron chi connectivity index (χ2n) is 13.2. The van der Waals surface area contributed by atoms with Crippen LogP contribution in [0.15, 0.2) is 97.1 Å². The highest BCUT2D eigenvalue weighted by molar-refractivity contribution is 5.94. The smallest absolute Gasteiger partial charge is 0.335 e. The first-order chi connectivity index (χ1) is 23.1. The van der Waals surface area contributed by atoms with Crippen molar-refractivity contribution in [2.45, 2.75) is 45.1 Å². The average Bonchev–Trinajstić information content (AvgIpc) is 3.07. The van der Waals surface area contributed by atoms with E-state index in [1.54, 1.807) is 24.3 Å². The van der Waals surface area contributed by atoms with Crippen LogP contribution >= 0.6 is 0 Å². The normalized spacial score (nSPS) is 20.0. The Labute approximate surface area is 282 Å². The maximum atomic E-state index is 13.8. The maximum absolute atomic E-state index is 13.8. The maximum Gasteiger partial charge on any atom is 0.335 e. The molecule has 0 spiro atoms. The van der Waals surface area contributed by atoms with Gasteiger partial charge in [-0.15, -0.1) is 0 Å². The van der Waals surface area contributed by atoms with E-state index in [4.69, 9.17) is 0 Å². The fourth-order valence-corrected chi connectivity index (χ4v) is 7.11. The summed E-state index contributed by atoms with van der Waals surface area (Å²) in [5.74, 6) is -0.436. The number of carbonyl (C=O) groups is 2. The van der Waals surface area contributed by atoms with E-state index in [1.165, 1.54) is 0 Å². The first-order valence-corrected chi connectivity index (χ1v) is 16.6. The van der Waals surface area contributed by atoms with Crippen molar-refractivity contribution in [3.05, 3.63) is 130 Å². The molecule has 9 nitrogen and oxygen atoms in total. The molecule has 9 heteroatoms. The van der Waals surface area contributed by atoms with Crippen LogP contribution in [0.1, 0.15) is 62.9 Å². The Hall–Kier alpha value is -4.70. The van der Waals surface area contributed by atoms with Crippen molar-refractivity contribution in [3.8, 4) is 11.5 Å². The first-order valence-electron chi connectivity index (χ1n) is 16.6. The lowest BCUT2D eigenvalue weighted by Gasteiger charge is -2.47. The van der Waals surface area contributed by atoms with Gasteiger partial charge in [0, 0.05) is 70.0 Å². The fraction of sp³-hybridized carbons (Fsp3) is 0.333. The molecule has 2 aliphatic heterocycles. The zero-order valence-corrected chi connectivity index (χ0v) is 27.6. The third kappa shape index (κ3) is 7.71. The molecule has 0 saturated carbocycles. The Balaban J connectivity index is 1.17. The molecule has 250 valence electrons. The van der Waals surface area contributed by atoms with Crippen LogP contribution in [0.3, 0.4) is 0 Å². The number of hydrogen-bond acceptors (Lipinski definition) is 7. The van der Waals surface area contributed by atoms with E-state index in [0.717, 1.165) is 55.0 Å². The zero-order valence-electron chi connectivity index (χ0n) is 27.6. The number of carboxylic acids is 1. The molecule has 2 fully saturated rings. The Morgan fingerprint density at radius 1 is 0.688 bits per heavy atom. The topological polar surface area (TPSA) is 108 Å². The van der Waals surface area contributed by atoms with E-state index < -0.39 is 5.97 Å². The van der Waals surface area contributed by atoms with E-state index in [-0.39, 0.29) is 41.1 Å². The minimum Gasteiger partial charge on any atom is -0.508 e. The van der Waals surface area contributed by atoms with Crippen LogP contribution in [-0.4, -0.2) is 98.1 Å². The molecule has 0 radical (unpaired) electrons. The molecule has 0 aliphatic carbocycles. The number of phenols is 2. The highest BCUT2D eigenvalue weighted by Crippen LogP contribution is 2.35. The summed E-state index contributed by atoms with van der Waals surface area (Å²) in [6.07, 6.45) is 0. The summed E-state index contributed by atoms with van der Waals surface area (Å²) in [6, 6.07) is 30.0. The van der Waals surface area contributed by atoms with Gasteiger partial charge in [-0.3, -0.25) is 19.5 Å². The zero-order chi connectivity index (χ0) is 33.8. The van der Waals surface area contributed by atoms with Crippen LogP contribution < -0.4 is 0 Å². The number of carbonyl (C=O) groups excluding carboxylic acids is 1. The van der Waals surface area contributed by atoms with E-state index >= 15 is 0 Å². The number of aromatic carboxylic acids is 1. The molecule has 48 heavy (non-hydrogen) atoms. The summed E-state index contributed by atoms with van der Waals surface area (Å²) in [5.41, 5.74) is 5.04. The third-order valence-corrected chi connectivity index (χ3v) is 9.69. The standard InChI is InChI=1S/C39H44N4O5/c1-27-24-43(28(2)23-42(27)26-30-6-3-10-35(44)20-30)37(33-8-5-11-36(45)22-33)32-7-4-9-34(21-32)38(46)41-18-16-40(17-19-41)25-29-12-14-31(15-13-29)39(47)48/h3-15,20-22,27-28,37,44-45H,16-19,23-26H2,1-2H3,(H,47,48)/t27-,28-,37?/m1/s1. The minimum atomic E-state index is -0.931. The summed E-state index contributed by atoms with van der Waals surface area (Å²) < 4.78 is 0. The molecule has 0 aromatic heterocycles. The lowest BCUT2D eigenvalue weighted by atomic mass is 9.92. The van der Waals surface area contributed by atoms with Gasteiger partial charge in [-0.1, -0.05) is 48.5 Å². The van der Waals surface area contributed by atoms with Crippen LogP contribution in [0.2, 0.25) is 0 Å². The molecule has 0 bridgehead atoms. The Morgan fingerprint density at radius 3 is 2.00 bits per heavy atom. The van der Waals surface area contributed by atoms with Gasteiger partial charge in [-0.25, -0.2) is 4.79 Å². The van der Waals surface area contributed by atoms with Gasteiger partial charge >= 0.3 is 5.97 Å². The summed E-state index contributed by atoms with van der Waals surface area (Å²) >= 11 is 0. The SMILES string of the molecule is C[C@@H]1CN(C(c2cccc(O)c2)c2cccc(C(=O)N3CCN(Cc4ccc(C(=O)O)cc4)CC3)c2)[C@H](C)CN1Cc1cccc(O)c1. The number of hydrogen-bond donors (Lipinski definition) is 3. The molecule has 2 heterocycles. The molecule has 4 aromatic carbocycles. The van der Waals surface area contributed by atoms with Gasteiger partial charge in [0.25, 0.3) is 5.91 Å². The number of benzene rings is 4. The van der Waals surface area contributed by atoms with Crippen molar-refractivity contribution in [1.29, 1.82) is 0 Å². The molecule has 3 atom stereocenters. The summed E-state index contributed by atoms with van der Waals surface area (Å²) in [5, 5.41) is 29.6. The van der Waals surface area contributed by atoms with Gasteiger partial charge in [0.1, 0.15) is 11.5 Å². The van der Waals surface area contributed by atoms with Crippen molar-refractivity contribution in [2.75, 3.05) is 39.3 Å². The number of piperazine rings is 2. The van der Waals surface area contributed by atoms with E-state index in [1.807, 2.05) is 71.6 Å². The van der Waals surface area contributed by atoms with E-state index in [0.29, 0.717) is 25.2 Å². The van der Waals surface area contributed by atoms with E-state index in [9.17, 15) is 24.9 Å². The summed E-state index contributed by atoms with van der Waals surface area (Å²) in [7, 11) is 0. The van der Waals surface area contributed by atoms with Gasteiger partial charge in [0.05, 0.1) is 11.6 Å². The fourth-order valence-electron chi connectivity index (χ4n) is 7.11.